The molecule has 0 saturated carbocycles. The second-order valence-corrected chi connectivity index (χ2v) is 8.64. The number of rotatable bonds is 2. The summed E-state index contributed by atoms with van der Waals surface area (Å²) in [4.78, 5) is 18.8. The molecule has 1 heterocycles. The number of carbonyl (C=O) groups excluding carboxylic acids is 1. The van der Waals surface area contributed by atoms with Crippen LogP contribution in [0.3, 0.4) is 0 Å². The fraction of sp³-hybridized carbons (Fsp3) is 0.273. The molecule has 0 N–H and O–H groups in total. The van der Waals surface area contributed by atoms with E-state index in [-0.39, 0.29) is 11.3 Å². The monoisotopic (exact) mass is 364 g/mol. The summed E-state index contributed by atoms with van der Waals surface area (Å²) in [6.07, 6.45) is 0. The van der Waals surface area contributed by atoms with Gasteiger partial charge in [-0.05, 0) is 35.6 Å². The van der Waals surface area contributed by atoms with Crippen LogP contribution in [-0.4, -0.2) is 10.5 Å². The summed E-state index contributed by atoms with van der Waals surface area (Å²) in [6, 6.07) is 17.9. The molecular weight excluding hydrogens is 340 g/mol. The molecule has 0 saturated heterocycles. The second-order valence-electron chi connectivity index (χ2n) is 7.46. The Kier molecular flexibility index (Phi) is 4.97. The molecule has 0 aliphatic carbocycles. The lowest BCUT2D eigenvalue weighted by molar-refractivity contribution is 0.0998. The minimum absolute atomic E-state index is 0.0700. The van der Waals surface area contributed by atoms with Crippen molar-refractivity contribution in [2.75, 3.05) is 0 Å². The normalized spacial score (nSPS) is 12.4. The molecule has 2 aromatic carbocycles. The average Bonchev–Trinajstić information content (AvgIpc) is 2.88. The maximum atomic E-state index is 12.6. The first-order chi connectivity index (χ1) is 12.3. The third-order valence-electron chi connectivity index (χ3n) is 4.44. The van der Waals surface area contributed by atoms with E-state index >= 15 is 0 Å². The molecule has 0 spiro atoms. The van der Waals surface area contributed by atoms with Crippen molar-refractivity contribution in [3.05, 3.63) is 75.4 Å². The Morgan fingerprint density at radius 3 is 2.19 bits per heavy atom. The highest BCUT2D eigenvalue weighted by molar-refractivity contribution is 7.09. The third kappa shape index (κ3) is 3.70. The molecule has 0 radical (unpaired) electrons. The summed E-state index contributed by atoms with van der Waals surface area (Å²) >= 11 is 1.54. The number of nitrogens with zero attached hydrogens (tertiary/aromatic N) is 2. The Balaban J connectivity index is 1.97. The van der Waals surface area contributed by atoms with E-state index in [1.807, 2.05) is 54.1 Å². The Labute approximate surface area is 158 Å². The van der Waals surface area contributed by atoms with Crippen molar-refractivity contribution in [3.8, 4) is 11.3 Å². The van der Waals surface area contributed by atoms with Gasteiger partial charge in [-0.15, -0.1) is 11.3 Å². The van der Waals surface area contributed by atoms with Crippen LogP contribution in [0, 0.1) is 6.92 Å². The first kappa shape index (κ1) is 18.3. The third-order valence-corrected chi connectivity index (χ3v) is 5.49. The van der Waals surface area contributed by atoms with Crippen molar-refractivity contribution in [2.45, 2.75) is 33.1 Å². The van der Waals surface area contributed by atoms with Crippen molar-refractivity contribution < 1.29 is 4.79 Å². The fourth-order valence-corrected chi connectivity index (χ4v) is 3.92. The maximum absolute atomic E-state index is 12.6. The summed E-state index contributed by atoms with van der Waals surface area (Å²) < 4.78 is 2.00. The first-order valence-corrected chi connectivity index (χ1v) is 9.50. The molecule has 0 aliphatic heterocycles. The van der Waals surface area contributed by atoms with Gasteiger partial charge in [0.25, 0.3) is 5.91 Å². The van der Waals surface area contributed by atoms with Crippen LogP contribution in [0.15, 0.2) is 59.6 Å². The molecule has 0 aliphatic rings. The van der Waals surface area contributed by atoms with Crippen molar-refractivity contribution in [3.63, 3.8) is 0 Å². The largest absolute Gasteiger partial charge is 0.319 e. The van der Waals surface area contributed by atoms with Crippen molar-refractivity contribution in [1.82, 2.24) is 4.57 Å². The van der Waals surface area contributed by atoms with E-state index in [0.29, 0.717) is 10.4 Å². The van der Waals surface area contributed by atoms with Crippen LogP contribution < -0.4 is 4.80 Å². The van der Waals surface area contributed by atoms with Crippen LogP contribution in [-0.2, 0) is 12.5 Å². The molecule has 3 nitrogen and oxygen atoms in total. The zero-order chi connectivity index (χ0) is 18.9. The van der Waals surface area contributed by atoms with Gasteiger partial charge in [0.15, 0.2) is 4.80 Å². The standard InChI is InChI=1S/C22H24N2OS/c1-15-19(16-9-7-6-8-10-16)24(5)21(26-15)23-20(25)17-11-13-18(14-12-17)22(2,3)4/h6-14H,1-5H3. The van der Waals surface area contributed by atoms with E-state index in [1.54, 1.807) is 11.3 Å². The van der Waals surface area contributed by atoms with Gasteiger partial charge in [-0.3, -0.25) is 4.79 Å². The summed E-state index contributed by atoms with van der Waals surface area (Å²) in [5.41, 5.74) is 4.13. The molecule has 1 amide bonds. The Hall–Kier alpha value is -2.46. The number of thiazole rings is 1. The van der Waals surface area contributed by atoms with E-state index in [4.69, 9.17) is 0 Å². The lowest BCUT2D eigenvalue weighted by Crippen LogP contribution is -2.15. The molecule has 0 fully saturated rings. The quantitative estimate of drug-likeness (QED) is 0.623. The van der Waals surface area contributed by atoms with E-state index in [9.17, 15) is 4.79 Å². The van der Waals surface area contributed by atoms with Gasteiger partial charge in [0.1, 0.15) is 0 Å². The number of aromatic nitrogens is 1. The predicted molar refractivity (Wildman–Crippen MR) is 108 cm³/mol. The smallest absolute Gasteiger partial charge is 0.279 e. The van der Waals surface area contributed by atoms with E-state index in [2.05, 4.69) is 44.8 Å². The summed E-state index contributed by atoms with van der Waals surface area (Å²) in [5, 5.41) is 0. The second kappa shape index (κ2) is 7.04. The minimum Gasteiger partial charge on any atom is -0.319 e. The van der Waals surface area contributed by atoms with Gasteiger partial charge in [-0.2, -0.15) is 4.99 Å². The van der Waals surface area contributed by atoms with Gasteiger partial charge >= 0.3 is 0 Å². The maximum Gasteiger partial charge on any atom is 0.279 e. The molecule has 1 aromatic heterocycles. The molecule has 0 unspecified atom stereocenters. The SMILES string of the molecule is Cc1sc(=NC(=O)c2ccc(C(C)(C)C)cc2)n(C)c1-c1ccccc1. The van der Waals surface area contributed by atoms with Gasteiger partial charge in [-0.25, -0.2) is 0 Å². The van der Waals surface area contributed by atoms with Gasteiger partial charge in [0, 0.05) is 17.5 Å². The minimum atomic E-state index is -0.207. The highest BCUT2D eigenvalue weighted by Crippen LogP contribution is 2.24. The molecule has 26 heavy (non-hydrogen) atoms. The van der Waals surface area contributed by atoms with Gasteiger partial charge in [-0.1, -0.05) is 63.2 Å². The Morgan fingerprint density at radius 1 is 1.00 bits per heavy atom. The van der Waals surface area contributed by atoms with Crippen LogP contribution in [0.4, 0.5) is 0 Å². The van der Waals surface area contributed by atoms with Crippen LogP contribution >= 0.6 is 11.3 Å². The highest BCUT2D eigenvalue weighted by Gasteiger charge is 2.15. The number of amides is 1. The Morgan fingerprint density at radius 2 is 1.62 bits per heavy atom. The molecule has 0 atom stereocenters. The molecule has 134 valence electrons. The van der Waals surface area contributed by atoms with Crippen molar-refractivity contribution >= 4 is 17.2 Å². The number of hydrogen-bond donors (Lipinski definition) is 0. The van der Waals surface area contributed by atoms with Gasteiger partial charge in [0.2, 0.25) is 0 Å². The first-order valence-electron chi connectivity index (χ1n) is 8.69. The molecule has 3 rings (SSSR count). The number of hydrogen-bond acceptors (Lipinski definition) is 2. The molecule has 4 heteroatoms. The van der Waals surface area contributed by atoms with E-state index < -0.39 is 0 Å². The van der Waals surface area contributed by atoms with E-state index in [1.165, 1.54) is 5.56 Å². The van der Waals surface area contributed by atoms with Crippen molar-refractivity contribution in [1.29, 1.82) is 0 Å². The lowest BCUT2D eigenvalue weighted by Gasteiger charge is -2.18. The van der Waals surface area contributed by atoms with Crippen LogP contribution in [0.2, 0.25) is 0 Å². The zero-order valence-electron chi connectivity index (χ0n) is 15.9. The van der Waals surface area contributed by atoms with E-state index in [0.717, 1.165) is 16.1 Å². The van der Waals surface area contributed by atoms with Crippen LogP contribution in [0.25, 0.3) is 11.3 Å². The molecular formula is C22H24N2OS. The topological polar surface area (TPSA) is 34.4 Å². The summed E-state index contributed by atoms with van der Waals surface area (Å²) in [5.74, 6) is -0.207. The highest BCUT2D eigenvalue weighted by atomic mass is 32.1. The zero-order valence-corrected chi connectivity index (χ0v) is 16.7. The molecule has 0 bridgehead atoms. The van der Waals surface area contributed by atoms with Crippen LogP contribution in [0.1, 0.15) is 41.6 Å². The van der Waals surface area contributed by atoms with Gasteiger partial charge < -0.3 is 4.57 Å². The lowest BCUT2D eigenvalue weighted by atomic mass is 9.87. The Bertz CT molecular complexity index is 987. The van der Waals surface area contributed by atoms with Gasteiger partial charge in [0.05, 0.1) is 5.69 Å². The van der Waals surface area contributed by atoms with Crippen molar-refractivity contribution in [2.24, 2.45) is 12.0 Å². The van der Waals surface area contributed by atoms with Crippen LogP contribution in [0.5, 0.6) is 0 Å². The number of aryl methyl sites for hydroxylation is 1. The number of carbonyl (C=O) groups is 1. The fourth-order valence-electron chi connectivity index (χ4n) is 2.94. The summed E-state index contributed by atoms with van der Waals surface area (Å²) in [6.45, 7) is 8.55. The molecule has 3 aromatic rings. The average molecular weight is 365 g/mol. The summed E-state index contributed by atoms with van der Waals surface area (Å²) in [7, 11) is 1.96. The number of benzene rings is 2. The predicted octanol–water partition coefficient (Wildman–Crippen LogP) is 5.10.